The molecule has 0 bridgehead atoms. The number of hydrogen-bond acceptors (Lipinski definition) is 5. The molecule has 1 N–H and O–H groups in total. The number of nitrogens with one attached hydrogen (secondary N) is 1. The van der Waals surface area contributed by atoms with Gasteiger partial charge in [0.25, 0.3) is 5.91 Å². The minimum atomic E-state index is -0.790. The third-order valence-corrected chi connectivity index (χ3v) is 5.12. The van der Waals surface area contributed by atoms with E-state index in [1.54, 1.807) is 18.2 Å². The van der Waals surface area contributed by atoms with Crippen LogP contribution >= 0.6 is 0 Å². The lowest BCUT2D eigenvalue weighted by molar-refractivity contribution is 0.0951. The van der Waals surface area contributed by atoms with Gasteiger partial charge in [-0.3, -0.25) is 4.79 Å². The van der Waals surface area contributed by atoms with Crippen LogP contribution in [0.3, 0.4) is 0 Å². The number of amides is 1. The maximum Gasteiger partial charge on any atom is 0.274 e. The first-order valence-corrected chi connectivity index (χ1v) is 10.4. The van der Waals surface area contributed by atoms with Gasteiger partial charge in [-0.25, -0.2) is 9.82 Å². The zero-order chi connectivity index (χ0) is 23.9. The second kappa shape index (κ2) is 10.3. The molecular weight excluding hydrogens is 433 g/mol. The minimum Gasteiger partial charge on any atom is -0.493 e. The third kappa shape index (κ3) is 5.19. The summed E-state index contributed by atoms with van der Waals surface area (Å²) < 4.78 is 25.3. The Balaban J connectivity index is 1.40. The molecular formula is C27H20FN3O3. The highest BCUT2D eigenvalue weighted by Gasteiger charge is 2.12. The molecule has 34 heavy (non-hydrogen) atoms. The van der Waals surface area contributed by atoms with Crippen molar-refractivity contribution in [2.24, 2.45) is 5.10 Å². The van der Waals surface area contributed by atoms with Gasteiger partial charge in [0.2, 0.25) is 0 Å². The smallest absolute Gasteiger partial charge is 0.274 e. The summed E-state index contributed by atoms with van der Waals surface area (Å²) in [5.41, 5.74) is 3.88. The molecule has 0 radical (unpaired) electrons. The van der Waals surface area contributed by atoms with Gasteiger partial charge in [0.15, 0.2) is 11.5 Å². The molecule has 4 rings (SSSR count). The van der Waals surface area contributed by atoms with Crippen molar-refractivity contribution >= 4 is 22.9 Å². The van der Waals surface area contributed by atoms with Gasteiger partial charge in [-0.1, -0.05) is 36.4 Å². The van der Waals surface area contributed by atoms with Crippen LogP contribution in [0.25, 0.3) is 10.8 Å². The third-order valence-electron chi connectivity index (χ3n) is 5.12. The Morgan fingerprint density at radius 3 is 2.62 bits per heavy atom. The second-order valence-corrected chi connectivity index (χ2v) is 7.39. The van der Waals surface area contributed by atoms with E-state index in [9.17, 15) is 9.18 Å². The monoisotopic (exact) mass is 453 g/mol. The van der Waals surface area contributed by atoms with Crippen LogP contribution in [-0.2, 0) is 6.61 Å². The topological polar surface area (TPSA) is 83.7 Å². The lowest BCUT2D eigenvalue weighted by Gasteiger charge is -2.12. The number of carbonyl (C=O) groups is 1. The number of rotatable bonds is 7. The highest BCUT2D eigenvalue weighted by Crippen LogP contribution is 2.28. The van der Waals surface area contributed by atoms with Crippen LogP contribution < -0.4 is 14.9 Å². The van der Waals surface area contributed by atoms with Crippen molar-refractivity contribution in [2.45, 2.75) is 6.61 Å². The highest BCUT2D eigenvalue weighted by atomic mass is 19.1. The van der Waals surface area contributed by atoms with Crippen molar-refractivity contribution in [2.75, 3.05) is 7.11 Å². The Bertz CT molecular complexity index is 1430. The van der Waals surface area contributed by atoms with Crippen LogP contribution in [0.1, 0.15) is 27.0 Å². The molecule has 4 aromatic rings. The molecule has 0 unspecified atom stereocenters. The molecule has 0 heterocycles. The van der Waals surface area contributed by atoms with Gasteiger partial charge in [0, 0.05) is 0 Å². The summed E-state index contributed by atoms with van der Waals surface area (Å²) in [6.07, 6.45) is 1.41. The van der Waals surface area contributed by atoms with E-state index in [0.29, 0.717) is 23.7 Å². The standard InChI is InChI=1S/C27H20FN3O3/c1-33-26-14-19(16-30-31-27(32)23-10-7-18(15-29)13-24(23)28)8-11-25(26)34-17-20-6-9-21-4-2-3-5-22(21)12-20/h2-14,16H,17H2,1H3,(H,31,32)/b30-16+. The van der Waals surface area contributed by atoms with Gasteiger partial charge in [0.1, 0.15) is 12.4 Å². The number of fused-ring (bicyclic) bond motifs is 1. The van der Waals surface area contributed by atoms with Gasteiger partial charge < -0.3 is 9.47 Å². The SMILES string of the molecule is COc1cc(/C=N/NC(=O)c2ccc(C#N)cc2F)ccc1OCc1ccc2ccccc2c1. The minimum absolute atomic E-state index is 0.132. The van der Waals surface area contributed by atoms with E-state index in [4.69, 9.17) is 14.7 Å². The molecule has 0 aliphatic rings. The van der Waals surface area contributed by atoms with E-state index >= 15 is 0 Å². The van der Waals surface area contributed by atoms with Crippen LogP contribution in [0.2, 0.25) is 0 Å². The first-order valence-electron chi connectivity index (χ1n) is 10.4. The summed E-state index contributed by atoms with van der Waals surface area (Å²) in [5, 5.41) is 15.0. The van der Waals surface area contributed by atoms with Crippen LogP contribution in [0.5, 0.6) is 11.5 Å². The van der Waals surface area contributed by atoms with Crippen LogP contribution in [0.4, 0.5) is 4.39 Å². The maximum atomic E-state index is 14.0. The molecule has 0 fully saturated rings. The fourth-order valence-corrected chi connectivity index (χ4v) is 3.37. The van der Waals surface area contributed by atoms with Crippen LogP contribution in [-0.4, -0.2) is 19.2 Å². The number of benzene rings is 4. The molecule has 0 atom stereocenters. The van der Waals surface area contributed by atoms with E-state index in [1.165, 1.54) is 30.8 Å². The molecule has 4 aromatic carbocycles. The van der Waals surface area contributed by atoms with Crippen LogP contribution in [0, 0.1) is 17.1 Å². The van der Waals surface area contributed by atoms with Gasteiger partial charge in [-0.2, -0.15) is 10.4 Å². The second-order valence-electron chi connectivity index (χ2n) is 7.39. The zero-order valence-electron chi connectivity index (χ0n) is 18.3. The lowest BCUT2D eigenvalue weighted by atomic mass is 10.1. The Kier molecular flexibility index (Phi) is 6.80. The normalized spacial score (nSPS) is 10.7. The molecule has 0 aliphatic carbocycles. The van der Waals surface area contributed by atoms with E-state index in [0.717, 1.165) is 17.0 Å². The number of ether oxygens (including phenoxy) is 2. The molecule has 1 amide bonds. The quantitative estimate of drug-likeness (QED) is 0.308. The van der Waals surface area contributed by atoms with Crippen molar-refractivity contribution < 1.29 is 18.7 Å². The highest BCUT2D eigenvalue weighted by molar-refractivity contribution is 5.95. The Morgan fingerprint density at radius 2 is 1.85 bits per heavy atom. The molecule has 168 valence electrons. The summed E-state index contributed by atoms with van der Waals surface area (Å²) in [7, 11) is 1.54. The summed E-state index contributed by atoms with van der Waals surface area (Å²) in [6, 6.07) is 24.9. The Labute approximate surface area is 195 Å². The van der Waals surface area contributed by atoms with Gasteiger partial charge in [0.05, 0.1) is 30.5 Å². The van der Waals surface area contributed by atoms with Gasteiger partial charge in [-0.15, -0.1) is 0 Å². The predicted octanol–water partition coefficient (Wildman–Crippen LogP) is 5.20. The summed E-state index contributed by atoms with van der Waals surface area (Å²) in [5.74, 6) is -0.437. The van der Waals surface area contributed by atoms with E-state index in [-0.39, 0.29) is 11.1 Å². The molecule has 7 heteroatoms. The first-order chi connectivity index (χ1) is 16.6. The van der Waals surface area contributed by atoms with Crippen molar-refractivity contribution in [3.8, 4) is 17.6 Å². The number of carbonyl (C=O) groups excluding carboxylic acids is 1. The fraction of sp³-hybridized carbons (Fsp3) is 0.0741. The molecule has 0 aliphatic heterocycles. The molecule has 0 saturated heterocycles. The number of hydrazone groups is 1. The van der Waals surface area contributed by atoms with Crippen molar-refractivity contribution in [1.82, 2.24) is 5.43 Å². The van der Waals surface area contributed by atoms with E-state index in [1.807, 2.05) is 24.3 Å². The number of halogens is 1. The Hall–Kier alpha value is -4.70. The van der Waals surface area contributed by atoms with Gasteiger partial charge >= 0.3 is 0 Å². The largest absolute Gasteiger partial charge is 0.493 e. The van der Waals surface area contributed by atoms with Crippen molar-refractivity contribution in [3.05, 3.63) is 107 Å². The van der Waals surface area contributed by atoms with Crippen molar-refractivity contribution in [1.29, 1.82) is 5.26 Å². The van der Waals surface area contributed by atoms with Gasteiger partial charge in [-0.05, 0) is 64.4 Å². The van der Waals surface area contributed by atoms with E-state index in [2.05, 4.69) is 34.8 Å². The average molecular weight is 453 g/mol. The maximum absolute atomic E-state index is 14.0. The fourth-order valence-electron chi connectivity index (χ4n) is 3.37. The Morgan fingerprint density at radius 1 is 1.03 bits per heavy atom. The number of nitrogens with zero attached hydrogens (tertiary/aromatic N) is 2. The molecule has 0 saturated carbocycles. The van der Waals surface area contributed by atoms with E-state index < -0.39 is 11.7 Å². The number of hydrogen-bond donors (Lipinski definition) is 1. The lowest BCUT2D eigenvalue weighted by Crippen LogP contribution is -2.19. The number of methoxy groups -OCH3 is 1. The average Bonchev–Trinajstić information content (AvgIpc) is 2.87. The predicted molar refractivity (Wildman–Crippen MR) is 127 cm³/mol. The summed E-state index contributed by atoms with van der Waals surface area (Å²) >= 11 is 0. The summed E-state index contributed by atoms with van der Waals surface area (Å²) in [6.45, 7) is 0.376. The molecule has 0 spiro atoms. The summed E-state index contributed by atoms with van der Waals surface area (Å²) in [4.78, 5) is 12.1. The molecule has 6 nitrogen and oxygen atoms in total. The van der Waals surface area contributed by atoms with Crippen molar-refractivity contribution in [3.63, 3.8) is 0 Å². The van der Waals surface area contributed by atoms with Crippen LogP contribution in [0.15, 0.2) is 84.0 Å². The number of nitriles is 1. The molecule has 0 aromatic heterocycles. The zero-order valence-corrected chi connectivity index (χ0v) is 18.3. The first kappa shape index (κ1) is 22.5.